The maximum atomic E-state index is 11.7. The molecule has 0 saturated heterocycles. The maximum Gasteiger partial charge on any atom is 0.321 e. The number of carboxylic acids is 1. The molecule has 0 bridgehead atoms. The number of amides is 3. The molecule has 116 valence electrons. The number of aliphatic carboxylic acids is 1. The van der Waals surface area contributed by atoms with Crippen molar-refractivity contribution in [2.45, 2.75) is 33.2 Å². The third-order valence-electron chi connectivity index (χ3n) is 2.62. The van der Waals surface area contributed by atoms with Gasteiger partial charge in [-0.3, -0.25) is 14.9 Å². The van der Waals surface area contributed by atoms with Crippen LogP contribution in [-0.4, -0.2) is 23.0 Å². The molecule has 0 aliphatic carbocycles. The van der Waals surface area contributed by atoms with Crippen molar-refractivity contribution in [3.63, 3.8) is 0 Å². The summed E-state index contributed by atoms with van der Waals surface area (Å²) < 4.78 is 0.904. The van der Waals surface area contributed by atoms with Crippen LogP contribution in [0.5, 0.6) is 0 Å². The third kappa shape index (κ3) is 6.72. The zero-order valence-corrected chi connectivity index (χ0v) is 14.1. The lowest BCUT2D eigenvalue weighted by molar-refractivity contribution is -0.139. The summed E-state index contributed by atoms with van der Waals surface area (Å²) in [5.74, 6) is -1.47. The van der Waals surface area contributed by atoms with Crippen molar-refractivity contribution in [3.05, 3.63) is 20.8 Å². The smallest absolute Gasteiger partial charge is 0.321 e. The summed E-state index contributed by atoms with van der Waals surface area (Å²) in [7, 11) is 0. The van der Waals surface area contributed by atoms with Crippen molar-refractivity contribution in [1.82, 2.24) is 10.6 Å². The highest BCUT2D eigenvalue weighted by molar-refractivity contribution is 9.10. The van der Waals surface area contributed by atoms with Gasteiger partial charge in [0.25, 0.3) is 0 Å². The van der Waals surface area contributed by atoms with Crippen molar-refractivity contribution in [2.75, 3.05) is 0 Å². The number of hydrogen-bond donors (Lipinski definition) is 3. The number of halogens is 1. The Labute approximate surface area is 135 Å². The van der Waals surface area contributed by atoms with E-state index in [0.29, 0.717) is 6.54 Å². The van der Waals surface area contributed by atoms with Crippen LogP contribution in [0.2, 0.25) is 0 Å². The summed E-state index contributed by atoms with van der Waals surface area (Å²) >= 11 is 4.83. The Balaban J connectivity index is 2.39. The van der Waals surface area contributed by atoms with Crippen LogP contribution in [0, 0.1) is 5.41 Å². The van der Waals surface area contributed by atoms with Gasteiger partial charge < -0.3 is 10.4 Å². The minimum Gasteiger partial charge on any atom is -0.481 e. The summed E-state index contributed by atoms with van der Waals surface area (Å²) in [4.78, 5) is 34.9. The van der Waals surface area contributed by atoms with Gasteiger partial charge in [-0.1, -0.05) is 13.8 Å². The molecule has 0 radical (unpaired) electrons. The standard InChI is InChI=1S/C13H17BrN2O4S/c1-13(2,6-11(18)19)5-10(17)16-12(20)15-7-9-8(14)3-4-21-9/h3-4H,5-7H2,1-2H3,(H,18,19)(H2,15,16,17,20). The highest BCUT2D eigenvalue weighted by atomic mass is 79.9. The lowest BCUT2D eigenvalue weighted by Gasteiger charge is -2.21. The molecule has 0 spiro atoms. The molecule has 1 rings (SSSR count). The molecule has 6 nitrogen and oxygen atoms in total. The van der Waals surface area contributed by atoms with E-state index in [-0.39, 0.29) is 12.8 Å². The fourth-order valence-electron chi connectivity index (χ4n) is 1.73. The van der Waals surface area contributed by atoms with Gasteiger partial charge in [-0.2, -0.15) is 0 Å². The van der Waals surface area contributed by atoms with Gasteiger partial charge in [-0.15, -0.1) is 11.3 Å². The second-order valence-electron chi connectivity index (χ2n) is 5.33. The average molecular weight is 377 g/mol. The van der Waals surface area contributed by atoms with Crippen molar-refractivity contribution in [2.24, 2.45) is 5.41 Å². The van der Waals surface area contributed by atoms with Gasteiger partial charge in [0.1, 0.15) is 0 Å². The Morgan fingerprint density at radius 3 is 2.52 bits per heavy atom. The zero-order chi connectivity index (χ0) is 16.0. The summed E-state index contributed by atoms with van der Waals surface area (Å²) in [6.07, 6.45) is -0.167. The first-order valence-corrected chi connectivity index (χ1v) is 7.88. The summed E-state index contributed by atoms with van der Waals surface area (Å²) in [5, 5.41) is 15.4. The van der Waals surface area contributed by atoms with Crippen LogP contribution in [0.3, 0.4) is 0 Å². The summed E-state index contributed by atoms with van der Waals surface area (Å²) in [5.41, 5.74) is -0.701. The Morgan fingerprint density at radius 2 is 2.00 bits per heavy atom. The summed E-state index contributed by atoms with van der Waals surface area (Å²) in [6, 6.07) is 1.28. The van der Waals surface area contributed by atoms with Crippen LogP contribution in [-0.2, 0) is 16.1 Å². The number of carbonyl (C=O) groups excluding carboxylic acids is 2. The predicted octanol–water partition coefficient (Wildman–Crippen LogP) is 2.73. The first kappa shape index (κ1) is 17.6. The molecule has 3 amide bonds. The van der Waals surface area contributed by atoms with E-state index in [1.807, 2.05) is 11.4 Å². The quantitative estimate of drug-likeness (QED) is 0.710. The van der Waals surface area contributed by atoms with Crippen molar-refractivity contribution < 1.29 is 19.5 Å². The third-order valence-corrected chi connectivity index (χ3v) is 4.55. The minimum absolute atomic E-state index is 0.0323. The molecule has 0 aliphatic heterocycles. The number of carbonyl (C=O) groups is 3. The number of thiophene rings is 1. The molecule has 3 N–H and O–H groups in total. The van der Waals surface area contributed by atoms with E-state index >= 15 is 0 Å². The van der Waals surface area contributed by atoms with Gasteiger partial charge in [0, 0.05) is 15.8 Å². The molecule has 0 unspecified atom stereocenters. The first-order chi connectivity index (χ1) is 9.69. The zero-order valence-electron chi connectivity index (χ0n) is 11.7. The minimum atomic E-state index is -0.972. The van der Waals surface area contributed by atoms with Gasteiger partial charge in [0.2, 0.25) is 5.91 Å². The molecule has 1 aromatic heterocycles. The highest BCUT2D eigenvalue weighted by Crippen LogP contribution is 2.24. The molecule has 0 fully saturated rings. The second-order valence-corrected chi connectivity index (χ2v) is 7.19. The van der Waals surface area contributed by atoms with E-state index in [1.165, 1.54) is 11.3 Å². The van der Waals surface area contributed by atoms with E-state index in [2.05, 4.69) is 26.6 Å². The Morgan fingerprint density at radius 1 is 1.33 bits per heavy atom. The van der Waals surface area contributed by atoms with Gasteiger partial charge in [-0.05, 0) is 32.8 Å². The van der Waals surface area contributed by atoms with E-state index in [4.69, 9.17) is 5.11 Å². The van der Waals surface area contributed by atoms with Crippen LogP contribution in [0.1, 0.15) is 31.6 Å². The SMILES string of the molecule is CC(C)(CC(=O)O)CC(=O)NC(=O)NCc1sccc1Br. The molecule has 0 atom stereocenters. The van der Waals surface area contributed by atoms with Gasteiger partial charge in [0.15, 0.2) is 0 Å². The highest BCUT2D eigenvalue weighted by Gasteiger charge is 2.25. The Bertz CT molecular complexity index is 542. The average Bonchev–Trinajstić information content (AvgIpc) is 2.69. The first-order valence-electron chi connectivity index (χ1n) is 6.21. The normalized spacial score (nSPS) is 11.0. The molecule has 1 aromatic rings. The van der Waals surface area contributed by atoms with Crippen molar-refractivity contribution in [1.29, 1.82) is 0 Å². The number of imide groups is 1. The van der Waals surface area contributed by atoms with Crippen LogP contribution in [0.15, 0.2) is 15.9 Å². The number of urea groups is 1. The van der Waals surface area contributed by atoms with E-state index in [9.17, 15) is 14.4 Å². The fourth-order valence-corrected chi connectivity index (χ4v) is 3.17. The number of carboxylic acid groups (broad SMARTS) is 1. The largest absolute Gasteiger partial charge is 0.481 e. The Kier molecular flexibility index (Phi) is 6.35. The fraction of sp³-hybridized carbons (Fsp3) is 0.462. The van der Waals surface area contributed by atoms with Gasteiger partial charge in [-0.25, -0.2) is 4.79 Å². The van der Waals surface area contributed by atoms with Crippen molar-refractivity contribution >= 4 is 45.2 Å². The lowest BCUT2D eigenvalue weighted by Crippen LogP contribution is -2.40. The van der Waals surface area contributed by atoms with Crippen LogP contribution >= 0.6 is 27.3 Å². The maximum absolute atomic E-state index is 11.7. The summed E-state index contributed by atoms with van der Waals surface area (Å²) in [6.45, 7) is 3.65. The van der Waals surface area contributed by atoms with Crippen LogP contribution < -0.4 is 10.6 Å². The lowest BCUT2D eigenvalue weighted by atomic mass is 9.85. The molecule has 8 heteroatoms. The number of rotatable bonds is 6. The molecule has 0 aromatic carbocycles. The predicted molar refractivity (Wildman–Crippen MR) is 83.0 cm³/mol. The number of nitrogens with one attached hydrogen (secondary N) is 2. The van der Waals surface area contributed by atoms with Crippen LogP contribution in [0.25, 0.3) is 0 Å². The number of hydrogen-bond acceptors (Lipinski definition) is 4. The topological polar surface area (TPSA) is 95.5 Å². The van der Waals surface area contributed by atoms with Crippen molar-refractivity contribution in [3.8, 4) is 0 Å². The second kappa shape index (κ2) is 7.56. The van der Waals surface area contributed by atoms with E-state index < -0.39 is 23.3 Å². The van der Waals surface area contributed by atoms with Gasteiger partial charge in [0.05, 0.1) is 13.0 Å². The Hall–Kier alpha value is -1.41. The molecule has 0 aliphatic rings. The monoisotopic (exact) mass is 376 g/mol. The van der Waals surface area contributed by atoms with Crippen LogP contribution in [0.4, 0.5) is 4.79 Å². The molecule has 1 heterocycles. The van der Waals surface area contributed by atoms with E-state index in [0.717, 1.165) is 9.35 Å². The molecular formula is C13H17BrN2O4S. The molecule has 0 saturated carbocycles. The molecular weight excluding hydrogens is 360 g/mol. The van der Waals surface area contributed by atoms with E-state index in [1.54, 1.807) is 13.8 Å². The van der Waals surface area contributed by atoms with Gasteiger partial charge >= 0.3 is 12.0 Å². The molecule has 21 heavy (non-hydrogen) atoms.